The average molecular weight is 275 g/mol. The van der Waals surface area contributed by atoms with Crippen molar-refractivity contribution in [2.75, 3.05) is 44.2 Å². The lowest BCUT2D eigenvalue weighted by atomic mass is 9.86. The summed E-state index contributed by atoms with van der Waals surface area (Å²) in [4.78, 5) is 9.31. The third-order valence-corrected chi connectivity index (χ3v) is 4.90. The van der Waals surface area contributed by atoms with Gasteiger partial charge in [-0.25, -0.2) is 4.98 Å². The summed E-state index contributed by atoms with van der Waals surface area (Å²) in [7, 11) is 0. The number of rotatable bonds is 4. The van der Waals surface area contributed by atoms with Crippen LogP contribution in [0.4, 0.5) is 5.82 Å². The third-order valence-electron chi connectivity index (χ3n) is 4.90. The van der Waals surface area contributed by atoms with Gasteiger partial charge in [0.05, 0.1) is 0 Å². The number of piperazine rings is 1. The van der Waals surface area contributed by atoms with Crippen molar-refractivity contribution in [1.29, 1.82) is 0 Å². The summed E-state index contributed by atoms with van der Waals surface area (Å²) in [5, 5.41) is 9.73. The van der Waals surface area contributed by atoms with Crippen LogP contribution in [0.15, 0.2) is 24.4 Å². The van der Waals surface area contributed by atoms with Crippen molar-refractivity contribution in [3.05, 3.63) is 24.4 Å². The average Bonchev–Trinajstić information content (AvgIpc) is 2.98. The zero-order chi connectivity index (χ0) is 13.8. The van der Waals surface area contributed by atoms with Gasteiger partial charge in [-0.05, 0) is 25.0 Å². The Morgan fingerprint density at radius 2 is 1.85 bits per heavy atom. The van der Waals surface area contributed by atoms with E-state index in [1.807, 2.05) is 18.3 Å². The highest BCUT2D eigenvalue weighted by Crippen LogP contribution is 2.38. The minimum absolute atomic E-state index is 0.188. The molecule has 1 aliphatic carbocycles. The van der Waals surface area contributed by atoms with Gasteiger partial charge in [-0.2, -0.15) is 0 Å². The van der Waals surface area contributed by atoms with Crippen molar-refractivity contribution in [3.63, 3.8) is 0 Å². The minimum atomic E-state index is 0.188. The largest absolute Gasteiger partial charge is 0.396 e. The van der Waals surface area contributed by atoms with Crippen LogP contribution >= 0.6 is 0 Å². The van der Waals surface area contributed by atoms with Crippen LogP contribution in [0.2, 0.25) is 0 Å². The maximum atomic E-state index is 9.73. The van der Waals surface area contributed by atoms with Crippen molar-refractivity contribution < 1.29 is 5.11 Å². The standard InChI is InChI=1S/C16H25N3O/c20-14-16(6-2-3-7-16)13-18-9-11-19(12-10-18)15-5-1-4-8-17-15/h1,4-5,8,20H,2-3,6-7,9-14H2. The number of aromatic nitrogens is 1. The molecular weight excluding hydrogens is 250 g/mol. The number of nitrogens with zero attached hydrogens (tertiary/aromatic N) is 3. The molecule has 1 aromatic rings. The summed E-state index contributed by atoms with van der Waals surface area (Å²) in [6, 6.07) is 6.10. The fraction of sp³-hybridized carbons (Fsp3) is 0.688. The number of hydrogen-bond acceptors (Lipinski definition) is 4. The van der Waals surface area contributed by atoms with Crippen LogP contribution in [0, 0.1) is 5.41 Å². The van der Waals surface area contributed by atoms with Gasteiger partial charge in [0.25, 0.3) is 0 Å². The second-order valence-electron chi connectivity index (χ2n) is 6.32. The predicted molar refractivity (Wildman–Crippen MR) is 80.9 cm³/mol. The van der Waals surface area contributed by atoms with Gasteiger partial charge in [0, 0.05) is 50.9 Å². The van der Waals surface area contributed by atoms with E-state index in [1.54, 1.807) is 0 Å². The van der Waals surface area contributed by atoms with Crippen molar-refractivity contribution >= 4 is 5.82 Å². The number of hydrogen-bond donors (Lipinski definition) is 1. The third kappa shape index (κ3) is 2.96. The lowest BCUT2D eigenvalue weighted by Crippen LogP contribution is -2.50. The molecular formula is C16H25N3O. The van der Waals surface area contributed by atoms with E-state index in [0.717, 1.165) is 38.5 Å². The summed E-state index contributed by atoms with van der Waals surface area (Å²) >= 11 is 0. The summed E-state index contributed by atoms with van der Waals surface area (Å²) in [5.74, 6) is 1.09. The maximum absolute atomic E-state index is 9.73. The Bertz CT molecular complexity index is 409. The Balaban J connectivity index is 1.54. The second-order valence-corrected chi connectivity index (χ2v) is 6.32. The van der Waals surface area contributed by atoms with Crippen molar-refractivity contribution in [2.24, 2.45) is 5.41 Å². The second kappa shape index (κ2) is 6.10. The lowest BCUT2D eigenvalue weighted by molar-refractivity contribution is 0.0756. The van der Waals surface area contributed by atoms with Crippen molar-refractivity contribution in [2.45, 2.75) is 25.7 Å². The molecule has 2 fully saturated rings. The summed E-state index contributed by atoms with van der Waals surface area (Å²) in [6.07, 6.45) is 6.83. The summed E-state index contributed by atoms with van der Waals surface area (Å²) in [6.45, 7) is 5.67. The number of aliphatic hydroxyl groups excluding tert-OH is 1. The van der Waals surface area contributed by atoms with Gasteiger partial charge in [0.1, 0.15) is 5.82 Å². The zero-order valence-electron chi connectivity index (χ0n) is 12.2. The first-order valence-corrected chi connectivity index (χ1v) is 7.81. The van der Waals surface area contributed by atoms with Gasteiger partial charge >= 0.3 is 0 Å². The molecule has 20 heavy (non-hydrogen) atoms. The zero-order valence-corrected chi connectivity index (χ0v) is 12.2. The number of aliphatic hydroxyl groups is 1. The van der Waals surface area contributed by atoms with Gasteiger partial charge in [-0.3, -0.25) is 4.90 Å². The number of pyridine rings is 1. The fourth-order valence-corrected chi connectivity index (χ4v) is 3.64. The van der Waals surface area contributed by atoms with Gasteiger partial charge in [0.15, 0.2) is 0 Å². The molecule has 1 aromatic heterocycles. The molecule has 1 N–H and O–H groups in total. The highest BCUT2D eigenvalue weighted by Gasteiger charge is 2.35. The Hall–Kier alpha value is -1.13. The van der Waals surface area contributed by atoms with Crippen LogP contribution in [-0.4, -0.2) is 54.3 Å². The van der Waals surface area contributed by atoms with Crippen molar-refractivity contribution in [3.8, 4) is 0 Å². The molecule has 2 heterocycles. The molecule has 1 aliphatic heterocycles. The molecule has 0 amide bonds. The molecule has 0 radical (unpaired) electrons. The monoisotopic (exact) mass is 275 g/mol. The van der Waals surface area contributed by atoms with Gasteiger partial charge in [-0.1, -0.05) is 18.9 Å². The minimum Gasteiger partial charge on any atom is -0.396 e. The Morgan fingerprint density at radius 1 is 1.10 bits per heavy atom. The van der Waals surface area contributed by atoms with Crippen molar-refractivity contribution in [1.82, 2.24) is 9.88 Å². The highest BCUT2D eigenvalue weighted by molar-refractivity contribution is 5.38. The molecule has 1 saturated carbocycles. The first kappa shape index (κ1) is 13.8. The van der Waals surface area contributed by atoms with Crippen LogP contribution in [0.25, 0.3) is 0 Å². The molecule has 1 saturated heterocycles. The van der Waals surface area contributed by atoms with Gasteiger partial charge in [0.2, 0.25) is 0 Å². The smallest absolute Gasteiger partial charge is 0.128 e. The van der Waals surface area contributed by atoms with Crippen LogP contribution in [0.1, 0.15) is 25.7 Å². The topological polar surface area (TPSA) is 39.6 Å². The van der Waals surface area contributed by atoms with Crippen LogP contribution < -0.4 is 4.90 Å². The van der Waals surface area contributed by atoms with Gasteiger partial charge < -0.3 is 10.0 Å². The Kier molecular flexibility index (Phi) is 4.22. The molecule has 4 heteroatoms. The van der Waals surface area contributed by atoms with Crippen LogP contribution in [0.3, 0.4) is 0 Å². The summed E-state index contributed by atoms with van der Waals surface area (Å²) in [5.41, 5.74) is 0.188. The molecule has 2 aliphatic rings. The Morgan fingerprint density at radius 3 is 2.45 bits per heavy atom. The first-order chi connectivity index (χ1) is 9.81. The predicted octanol–water partition coefficient (Wildman–Crippen LogP) is 1.76. The Labute approximate surface area is 121 Å². The highest BCUT2D eigenvalue weighted by atomic mass is 16.3. The van der Waals surface area contributed by atoms with Crippen LogP contribution in [-0.2, 0) is 0 Å². The molecule has 0 bridgehead atoms. The van der Waals surface area contributed by atoms with E-state index in [-0.39, 0.29) is 5.41 Å². The molecule has 0 spiro atoms. The molecule has 3 rings (SSSR count). The van der Waals surface area contributed by atoms with E-state index in [4.69, 9.17) is 0 Å². The fourth-order valence-electron chi connectivity index (χ4n) is 3.64. The van der Waals surface area contributed by atoms with E-state index in [9.17, 15) is 5.11 Å². The van der Waals surface area contributed by atoms with E-state index >= 15 is 0 Å². The summed E-state index contributed by atoms with van der Waals surface area (Å²) < 4.78 is 0. The molecule has 0 aromatic carbocycles. The normalized spacial score (nSPS) is 23.1. The molecule has 110 valence electrons. The molecule has 4 nitrogen and oxygen atoms in total. The van der Waals surface area contributed by atoms with Crippen LogP contribution in [0.5, 0.6) is 0 Å². The number of anilines is 1. The van der Waals surface area contributed by atoms with Gasteiger partial charge in [-0.15, -0.1) is 0 Å². The maximum Gasteiger partial charge on any atom is 0.128 e. The quantitative estimate of drug-likeness (QED) is 0.909. The first-order valence-electron chi connectivity index (χ1n) is 7.81. The molecule has 0 atom stereocenters. The SMILES string of the molecule is OCC1(CN2CCN(c3ccccn3)CC2)CCCC1. The molecule has 0 unspecified atom stereocenters. The van der Waals surface area contributed by atoms with E-state index in [1.165, 1.54) is 25.7 Å². The lowest BCUT2D eigenvalue weighted by Gasteiger charge is -2.40. The van der Waals surface area contributed by atoms with E-state index in [2.05, 4.69) is 20.9 Å². The van der Waals surface area contributed by atoms with E-state index < -0.39 is 0 Å². The van der Waals surface area contributed by atoms with E-state index in [0.29, 0.717) is 6.61 Å².